The van der Waals surface area contributed by atoms with Crippen molar-refractivity contribution in [2.24, 2.45) is 0 Å². The fourth-order valence-electron chi connectivity index (χ4n) is 1.50. The molecule has 0 fully saturated rings. The average molecular weight is 341 g/mol. The number of aromatic nitrogens is 2. The molecular weight excluding hydrogens is 329 g/mol. The van der Waals surface area contributed by atoms with Gasteiger partial charge >= 0.3 is 0 Å². The summed E-state index contributed by atoms with van der Waals surface area (Å²) < 4.78 is 0.811. The maximum atomic E-state index is 12.0. The number of H-pyrrole nitrogens is 1. The summed E-state index contributed by atoms with van der Waals surface area (Å²) in [5, 5.41) is 9.40. The zero-order chi connectivity index (χ0) is 12.4. The highest BCUT2D eigenvalue weighted by Crippen LogP contribution is 2.19. The fourth-order valence-corrected chi connectivity index (χ4v) is 2.01. The molecular formula is C12H12IN3O. The number of carbonyl (C=O) groups excluding carboxylic acids is 1. The van der Waals surface area contributed by atoms with Crippen LogP contribution in [0.4, 0.5) is 5.69 Å². The summed E-state index contributed by atoms with van der Waals surface area (Å²) >= 11 is 2.07. The molecule has 0 spiro atoms. The molecule has 0 bridgehead atoms. The molecule has 2 aromatic rings. The first-order chi connectivity index (χ1) is 8.09. The van der Waals surface area contributed by atoms with Gasteiger partial charge in [0.05, 0.1) is 9.77 Å². The first-order valence-electron chi connectivity index (χ1n) is 5.16. The lowest BCUT2D eigenvalue weighted by Gasteiger charge is -2.09. The number of carbonyl (C=O) groups is 1. The van der Waals surface area contributed by atoms with Crippen molar-refractivity contribution in [1.29, 1.82) is 0 Å². The lowest BCUT2D eigenvalue weighted by atomic mass is 10.1. The number of aromatic amines is 1. The number of benzene rings is 1. The summed E-state index contributed by atoms with van der Waals surface area (Å²) in [6, 6.07) is 5.84. The van der Waals surface area contributed by atoms with Crippen molar-refractivity contribution in [3.8, 4) is 0 Å². The Balaban J connectivity index is 2.25. The normalized spacial score (nSPS) is 10.3. The van der Waals surface area contributed by atoms with Gasteiger partial charge in [-0.1, -0.05) is 12.1 Å². The van der Waals surface area contributed by atoms with E-state index in [0.717, 1.165) is 20.4 Å². The molecule has 0 atom stereocenters. The second-order valence-corrected chi connectivity index (χ2v) is 4.96. The number of nitrogens with zero attached hydrogens (tertiary/aromatic N) is 1. The molecule has 0 unspecified atom stereocenters. The number of nitrogens with one attached hydrogen (secondary N) is 2. The van der Waals surface area contributed by atoms with Crippen molar-refractivity contribution >= 4 is 34.2 Å². The number of hydrogen-bond donors (Lipinski definition) is 2. The molecule has 5 heteroatoms. The Morgan fingerprint density at radius 3 is 2.82 bits per heavy atom. The Hall–Kier alpha value is -1.37. The van der Waals surface area contributed by atoms with Gasteiger partial charge in [-0.15, -0.1) is 0 Å². The van der Waals surface area contributed by atoms with Crippen LogP contribution in [-0.4, -0.2) is 16.1 Å². The molecule has 1 heterocycles. The van der Waals surface area contributed by atoms with Crippen LogP contribution in [0.15, 0.2) is 24.4 Å². The van der Waals surface area contributed by atoms with E-state index in [1.165, 1.54) is 0 Å². The third-order valence-corrected chi connectivity index (χ3v) is 3.49. The molecule has 1 aromatic carbocycles. The third-order valence-electron chi connectivity index (χ3n) is 2.67. The molecule has 2 rings (SSSR count). The summed E-state index contributed by atoms with van der Waals surface area (Å²) in [7, 11) is 0. The van der Waals surface area contributed by atoms with E-state index in [2.05, 4.69) is 38.1 Å². The summed E-state index contributed by atoms with van der Waals surface area (Å²) in [6.45, 7) is 4.01. The molecule has 0 radical (unpaired) electrons. The van der Waals surface area contributed by atoms with Crippen molar-refractivity contribution in [2.45, 2.75) is 13.8 Å². The van der Waals surface area contributed by atoms with Crippen LogP contribution >= 0.6 is 22.6 Å². The standard InChI is InChI=1S/C12H12IN3O/c1-7-4-3-5-10(8(7)2)15-12(17)11-9(13)6-14-16-11/h3-6H,1-2H3,(H,14,16)(H,15,17). The van der Waals surface area contributed by atoms with Crippen LogP contribution in [0.25, 0.3) is 0 Å². The summed E-state index contributed by atoms with van der Waals surface area (Å²) in [6.07, 6.45) is 1.62. The highest BCUT2D eigenvalue weighted by Gasteiger charge is 2.13. The molecule has 0 aliphatic rings. The van der Waals surface area contributed by atoms with Crippen LogP contribution in [0.1, 0.15) is 21.6 Å². The van der Waals surface area contributed by atoms with Gasteiger partial charge in [-0.2, -0.15) is 5.10 Å². The van der Waals surface area contributed by atoms with E-state index >= 15 is 0 Å². The van der Waals surface area contributed by atoms with E-state index in [1.807, 2.05) is 32.0 Å². The second kappa shape index (κ2) is 4.87. The SMILES string of the molecule is Cc1cccc(NC(=O)c2[nH]ncc2I)c1C. The molecule has 0 aliphatic heterocycles. The monoisotopic (exact) mass is 341 g/mol. The van der Waals surface area contributed by atoms with Gasteiger partial charge in [-0.05, 0) is 53.6 Å². The molecule has 1 amide bonds. The molecule has 1 aromatic heterocycles. The van der Waals surface area contributed by atoms with Gasteiger partial charge in [0, 0.05) is 5.69 Å². The topological polar surface area (TPSA) is 57.8 Å². The first kappa shape index (κ1) is 12.1. The van der Waals surface area contributed by atoms with Crippen LogP contribution < -0.4 is 5.32 Å². The molecule has 17 heavy (non-hydrogen) atoms. The molecule has 0 saturated carbocycles. The van der Waals surface area contributed by atoms with E-state index in [4.69, 9.17) is 0 Å². The van der Waals surface area contributed by atoms with E-state index in [1.54, 1.807) is 6.20 Å². The Bertz CT molecular complexity index is 563. The van der Waals surface area contributed by atoms with Gasteiger partial charge in [-0.25, -0.2) is 0 Å². The number of anilines is 1. The van der Waals surface area contributed by atoms with E-state index in [9.17, 15) is 4.79 Å². The van der Waals surface area contributed by atoms with Crippen molar-refractivity contribution < 1.29 is 4.79 Å². The van der Waals surface area contributed by atoms with E-state index < -0.39 is 0 Å². The maximum absolute atomic E-state index is 12.0. The number of hydrogen-bond acceptors (Lipinski definition) is 2. The molecule has 0 saturated heterocycles. The number of rotatable bonds is 2. The van der Waals surface area contributed by atoms with Gasteiger partial charge < -0.3 is 5.32 Å². The quantitative estimate of drug-likeness (QED) is 0.826. The molecule has 4 nitrogen and oxygen atoms in total. The highest BCUT2D eigenvalue weighted by molar-refractivity contribution is 14.1. The van der Waals surface area contributed by atoms with Crippen LogP contribution in [-0.2, 0) is 0 Å². The highest BCUT2D eigenvalue weighted by atomic mass is 127. The van der Waals surface area contributed by atoms with Crippen LogP contribution in [0.2, 0.25) is 0 Å². The first-order valence-corrected chi connectivity index (χ1v) is 6.24. The van der Waals surface area contributed by atoms with Crippen LogP contribution in [0.5, 0.6) is 0 Å². The molecule has 2 N–H and O–H groups in total. The van der Waals surface area contributed by atoms with Gasteiger partial charge in [0.25, 0.3) is 5.91 Å². The minimum absolute atomic E-state index is 0.166. The summed E-state index contributed by atoms with van der Waals surface area (Å²) in [4.78, 5) is 12.0. The van der Waals surface area contributed by atoms with Gasteiger partial charge in [0.1, 0.15) is 5.69 Å². The lowest BCUT2D eigenvalue weighted by Crippen LogP contribution is -2.14. The average Bonchev–Trinajstić information content (AvgIpc) is 2.71. The zero-order valence-corrected chi connectivity index (χ0v) is 11.7. The van der Waals surface area contributed by atoms with Crippen molar-refractivity contribution in [3.05, 3.63) is 44.8 Å². The smallest absolute Gasteiger partial charge is 0.274 e. The Labute approximate surface area is 113 Å². The number of halogens is 1. The zero-order valence-electron chi connectivity index (χ0n) is 9.54. The van der Waals surface area contributed by atoms with Crippen molar-refractivity contribution in [3.63, 3.8) is 0 Å². The number of aryl methyl sites for hydroxylation is 1. The summed E-state index contributed by atoms with van der Waals surface area (Å²) in [5.41, 5.74) is 3.56. The molecule has 88 valence electrons. The minimum atomic E-state index is -0.166. The van der Waals surface area contributed by atoms with E-state index in [-0.39, 0.29) is 5.91 Å². The predicted octanol–water partition coefficient (Wildman–Crippen LogP) is 2.88. The van der Waals surface area contributed by atoms with Gasteiger partial charge in [0.15, 0.2) is 0 Å². The second-order valence-electron chi connectivity index (χ2n) is 3.79. The third kappa shape index (κ3) is 2.49. The minimum Gasteiger partial charge on any atom is -0.320 e. The number of amides is 1. The van der Waals surface area contributed by atoms with Gasteiger partial charge in [0.2, 0.25) is 0 Å². The lowest BCUT2D eigenvalue weighted by molar-refractivity contribution is 0.102. The fraction of sp³-hybridized carbons (Fsp3) is 0.167. The summed E-state index contributed by atoms with van der Waals surface area (Å²) in [5.74, 6) is -0.166. The van der Waals surface area contributed by atoms with Crippen molar-refractivity contribution in [2.75, 3.05) is 5.32 Å². The molecule has 0 aliphatic carbocycles. The Kier molecular flexibility index (Phi) is 3.46. The van der Waals surface area contributed by atoms with Crippen molar-refractivity contribution in [1.82, 2.24) is 10.2 Å². The van der Waals surface area contributed by atoms with Gasteiger partial charge in [-0.3, -0.25) is 9.89 Å². The van der Waals surface area contributed by atoms with Crippen LogP contribution in [0, 0.1) is 17.4 Å². The maximum Gasteiger partial charge on any atom is 0.274 e. The predicted molar refractivity (Wildman–Crippen MR) is 75.2 cm³/mol. The van der Waals surface area contributed by atoms with Crippen LogP contribution in [0.3, 0.4) is 0 Å². The van der Waals surface area contributed by atoms with E-state index in [0.29, 0.717) is 5.69 Å². The largest absolute Gasteiger partial charge is 0.320 e. The Morgan fingerprint density at radius 2 is 2.18 bits per heavy atom. The Morgan fingerprint density at radius 1 is 1.41 bits per heavy atom.